The molecule has 0 aliphatic carbocycles. The van der Waals surface area contributed by atoms with Crippen molar-refractivity contribution in [1.29, 1.82) is 0 Å². The Labute approximate surface area is 108 Å². The number of nitrogens with zero attached hydrogens (tertiary/aromatic N) is 2. The molecule has 0 saturated heterocycles. The lowest BCUT2D eigenvalue weighted by Gasteiger charge is -2.05. The van der Waals surface area contributed by atoms with Gasteiger partial charge in [-0.15, -0.1) is 0 Å². The van der Waals surface area contributed by atoms with E-state index in [1.165, 1.54) is 11.8 Å². The van der Waals surface area contributed by atoms with Gasteiger partial charge < -0.3 is 11.6 Å². The molecule has 0 saturated carbocycles. The molecule has 1 heterocycles. The molecular weight excluding hydrogens is 256 g/mol. The predicted octanol–water partition coefficient (Wildman–Crippen LogP) is 2.31. The van der Waals surface area contributed by atoms with Crippen molar-refractivity contribution >= 4 is 39.4 Å². The van der Waals surface area contributed by atoms with Crippen LogP contribution in [0.3, 0.4) is 0 Å². The fourth-order valence-corrected chi connectivity index (χ4v) is 2.32. The summed E-state index contributed by atoms with van der Waals surface area (Å²) in [6, 6.07) is 9.81. The summed E-state index contributed by atoms with van der Waals surface area (Å²) in [7, 11) is 0. The molecule has 0 aliphatic rings. The highest BCUT2D eigenvalue weighted by molar-refractivity contribution is 8.13. The molecule has 1 aromatic heterocycles. The van der Waals surface area contributed by atoms with E-state index in [1.54, 1.807) is 0 Å². The van der Waals surface area contributed by atoms with E-state index in [2.05, 4.69) is 10.1 Å². The van der Waals surface area contributed by atoms with Gasteiger partial charge >= 0.3 is 0 Å². The van der Waals surface area contributed by atoms with Gasteiger partial charge in [-0.3, -0.25) is 0 Å². The third-order valence-electron chi connectivity index (χ3n) is 2.25. The van der Waals surface area contributed by atoms with Crippen molar-refractivity contribution in [3.05, 3.63) is 41.0 Å². The van der Waals surface area contributed by atoms with Gasteiger partial charge in [0, 0.05) is 16.7 Å². The van der Waals surface area contributed by atoms with Crippen molar-refractivity contribution in [3.8, 4) is 0 Å². The number of hydrazone groups is 1. The zero-order valence-electron chi connectivity index (χ0n) is 8.93. The summed E-state index contributed by atoms with van der Waals surface area (Å²) in [5, 5.41) is 5.26. The minimum atomic E-state index is 0.328. The van der Waals surface area contributed by atoms with Gasteiger partial charge in [-0.2, -0.15) is 5.10 Å². The number of halogens is 1. The normalized spacial score (nSPS) is 11.9. The number of rotatable bonds is 2. The molecule has 0 unspecified atom stereocenters. The van der Waals surface area contributed by atoms with E-state index >= 15 is 0 Å². The number of aromatic nitrogens is 1. The van der Waals surface area contributed by atoms with E-state index in [0.717, 1.165) is 16.5 Å². The van der Waals surface area contributed by atoms with E-state index < -0.39 is 0 Å². The zero-order valence-corrected chi connectivity index (χ0v) is 10.5. The number of hydrogen-bond donors (Lipinski definition) is 2. The Morgan fingerprint density at radius 2 is 2.18 bits per heavy atom. The lowest BCUT2D eigenvalue weighted by atomic mass is 10.2. The summed E-state index contributed by atoms with van der Waals surface area (Å²) < 4.78 is 0. The number of hydrogen-bond acceptors (Lipinski definition) is 4. The zero-order chi connectivity index (χ0) is 12.3. The molecule has 6 heteroatoms. The third kappa shape index (κ3) is 2.81. The fraction of sp³-hybridized carbons (Fsp3) is 0.0909. The van der Waals surface area contributed by atoms with Gasteiger partial charge in [0.15, 0.2) is 5.17 Å². The summed E-state index contributed by atoms with van der Waals surface area (Å²) in [5.41, 5.74) is 7.31. The van der Waals surface area contributed by atoms with Crippen LogP contribution in [0.15, 0.2) is 35.4 Å². The Morgan fingerprint density at radius 3 is 2.94 bits per heavy atom. The Hall–Kier alpha value is -1.46. The van der Waals surface area contributed by atoms with Crippen molar-refractivity contribution in [2.75, 3.05) is 0 Å². The third-order valence-corrected chi connectivity index (χ3v) is 3.44. The van der Waals surface area contributed by atoms with Crippen LogP contribution < -0.4 is 11.6 Å². The van der Waals surface area contributed by atoms with Gasteiger partial charge in [-0.25, -0.2) is 4.98 Å². The highest BCUT2D eigenvalue weighted by Crippen LogP contribution is 2.24. The lowest BCUT2D eigenvalue weighted by molar-refractivity contribution is 1.25. The molecule has 0 fully saturated rings. The molecule has 1 aromatic carbocycles. The van der Waals surface area contributed by atoms with E-state index in [9.17, 15) is 0 Å². The number of pyridine rings is 1. The minimum absolute atomic E-state index is 0.328. The van der Waals surface area contributed by atoms with Crippen LogP contribution in [0.5, 0.6) is 0 Å². The summed E-state index contributed by atoms with van der Waals surface area (Å²) in [4.78, 5) is 4.32. The maximum atomic E-state index is 6.09. The molecule has 4 N–H and O–H groups in total. The largest absolute Gasteiger partial charge is 0.377 e. The molecular formula is C11H11ClN4S. The van der Waals surface area contributed by atoms with Gasteiger partial charge in [0.1, 0.15) is 5.15 Å². The van der Waals surface area contributed by atoms with Gasteiger partial charge in [0.05, 0.1) is 5.52 Å². The van der Waals surface area contributed by atoms with Crippen molar-refractivity contribution in [1.82, 2.24) is 4.98 Å². The second-order valence-corrected chi connectivity index (χ2v) is 4.74. The van der Waals surface area contributed by atoms with E-state index in [4.69, 9.17) is 23.2 Å². The first-order valence-corrected chi connectivity index (χ1v) is 6.27. The average Bonchev–Trinajstić information content (AvgIpc) is 2.35. The van der Waals surface area contributed by atoms with Gasteiger partial charge in [0.2, 0.25) is 0 Å². The second-order valence-electron chi connectivity index (χ2n) is 3.39. The van der Waals surface area contributed by atoms with Crippen LogP contribution in [0.1, 0.15) is 5.56 Å². The van der Waals surface area contributed by atoms with Crippen molar-refractivity contribution in [2.45, 2.75) is 5.75 Å². The maximum absolute atomic E-state index is 6.09. The van der Waals surface area contributed by atoms with Crippen LogP contribution in [0.2, 0.25) is 5.15 Å². The molecule has 0 amide bonds. The molecule has 4 nitrogen and oxygen atoms in total. The van der Waals surface area contributed by atoms with E-state index in [0.29, 0.717) is 16.1 Å². The van der Waals surface area contributed by atoms with Gasteiger partial charge in [0.25, 0.3) is 0 Å². The van der Waals surface area contributed by atoms with Crippen molar-refractivity contribution < 1.29 is 0 Å². The Kier molecular flexibility index (Phi) is 3.71. The van der Waals surface area contributed by atoms with Crippen LogP contribution in [-0.2, 0) is 5.75 Å². The average molecular weight is 267 g/mol. The van der Waals surface area contributed by atoms with Crippen LogP contribution in [0.4, 0.5) is 0 Å². The molecule has 2 aromatic rings. The fourth-order valence-electron chi connectivity index (χ4n) is 1.43. The highest BCUT2D eigenvalue weighted by atomic mass is 35.5. The number of para-hydroxylation sites is 1. The number of amidine groups is 1. The monoisotopic (exact) mass is 266 g/mol. The standard InChI is InChI=1S/C11H11ClN4S/c12-10-8(6-17-11(13)16-14)5-7-3-1-2-4-9(7)15-10/h1-5H,6,14H2,(H2,13,16). The van der Waals surface area contributed by atoms with Gasteiger partial charge in [-0.1, -0.05) is 41.6 Å². The van der Waals surface area contributed by atoms with Crippen LogP contribution >= 0.6 is 23.4 Å². The van der Waals surface area contributed by atoms with E-state index in [-0.39, 0.29) is 0 Å². The summed E-state index contributed by atoms with van der Waals surface area (Å²) in [6.45, 7) is 0. The summed E-state index contributed by atoms with van der Waals surface area (Å²) in [5.74, 6) is 5.66. The van der Waals surface area contributed by atoms with Crippen LogP contribution in [0, 0.1) is 0 Å². The molecule has 0 spiro atoms. The van der Waals surface area contributed by atoms with Crippen LogP contribution in [0.25, 0.3) is 10.9 Å². The molecule has 0 atom stereocenters. The molecule has 0 bridgehead atoms. The Bertz CT molecular complexity index is 570. The van der Waals surface area contributed by atoms with E-state index in [1.807, 2.05) is 30.3 Å². The van der Waals surface area contributed by atoms with Crippen molar-refractivity contribution in [2.24, 2.45) is 16.7 Å². The Morgan fingerprint density at radius 1 is 1.41 bits per heavy atom. The lowest BCUT2D eigenvalue weighted by Crippen LogP contribution is -2.09. The first-order valence-electron chi connectivity index (χ1n) is 4.91. The number of benzene rings is 1. The number of nitrogens with two attached hydrogens (primary N) is 2. The first-order chi connectivity index (χ1) is 8.20. The highest BCUT2D eigenvalue weighted by Gasteiger charge is 2.05. The molecule has 0 radical (unpaired) electrons. The quantitative estimate of drug-likeness (QED) is 0.287. The molecule has 0 aliphatic heterocycles. The predicted molar refractivity (Wildman–Crippen MR) is 73.9 cm³/mol. The Balaban J connectivity index is 2.31. The summed E-state index contributed by atoms with van der Waals surface area (Å²) >= 11 is 7.42. The first kappa shape index (κ1) is 12.0. The minimum Gasteiger partial charge on any atom is -0.377 e. The van der Waals surface area contributed by atoms with Gasteiger partial charge in [-0.05, 0) is 12.1 Å². The SMILES string of the molecule is NN=C(N)SCc1cc2ccccc2nc1Cl. The van der Waals surface area contributed by atoms with Crippen molar-refractivity contribution in [3.63, 3.8) is 0 Å². The number of thioether (sulfide) groups is 1. The topological polar surface area (TPSA) is 77.3 Å². The molecule has 2 rings (SSSR count). The smallest absolute Gasteiger partial charge is 0.177 e. The summed E-state index contributed by atoms with van der Waals surface area (Å²) in [6.07, 6.45) is 0. The number of fused-ring (bicyclic) bond motifs is 1. The molecule has 17 heavy (non-hydrogen) atoms. The molecule has 88 valence electrons. The van der Waals surface area contributed by atoms with Crippen LogP contribution in [-0.4, -0.2) is 10.2 Å². The second kappa shape index (κ2) is 5.25. The maximum Gasteiger partial charge on any atom is 0.177 e.